The number of aliphatic carboxylic acids is 1. The number of aryl methyl sites for hydroxylation is 1. The average Bonchev–Trinajstić information content (AvgIpc) is 2.79. The number of benzene rings is 1. The summed E-state index contributed by atoms with van der Waals surface area (Å²) in [7, 11) is 1.71. The van der Waals surface area contributed by atoms with Crippen LogP contribution in [0.3, 0.4) is 0 Å². The molecule has 2 aromatic rings. The number of amides is 1. The van der Waals surface area contributed by atoms with Crippen LogP contribution in [0.25, 0.3) is 0 Å². The second-order valence-corrected chi connectivity index (χ2v) is 5.62. The average molecular weight is 336 g/mol. The monoisotopic (exact) mass is 335 g/mol. The molecular formula is C16H18ClN3O3. The number of carboxylic acid groups (broad SMARTS) is 1. The molecular weight excluding hydrogens is 318 g/mol. The van der Waals surface area contributed by atoms with E-state index in [1.807, 2.05) is 30.3 Å². The first-order valence-electron chi connectivity index (χ1n) is 7.17. The van der Waals surface area contributed by atoms with Crippen LogP contribution in [-0.2, 0) is 11.8 Å². The van der Waals surface area contributed by atoms with Crippen molar-refractivity contribution in [1.82, 2.24) is 15.1 Å². The van der Waals surface area contributed by atoms with E-state index >= 15 is 0 Å². The number of nitrogens with zero attached hydrogens (tertiary/aromatic N) is 2. The summed E-state index contributed by atoms with van der Waals surface area (Å²) in [6.45, 7) is 1.77. The minimum absolute atomic E-state index is 0.0468. The third-order valence-corrected chi connectivity index (χ3v) is 4.08. The van der Waals surface area contributed by atoms with Crippen LogP contribution >= 0.6 is 11.6 Å². The van der Waals surface area contributed by atoms with Crippen molar-refractivity contribution in [3.63, 3.8) is 0 Å². The Labute approximate surface area is 139 Å². The first-order valence-corrected chi connectivity index (χ1v) is 7.54. The molecule has 23 heavy (non-hydrogen) atoms. The quantitative estimate of drug-likeness (QED) is 0.850. The molecule has 122 valence electrons. The SMILES string of the molecule is Cc1c(Cl)c(C(=O)NC(CCC(=O)O)c2ccccc2)nn1C. The number of carbonyl (C=O) groups is 2. The number of aromatic nitrogens is 2. The zero-order valence-electron chi connectivity index (χ0n) is 12.9. The summed E-state index contributed by atoms with van der Waals surface area (Å²) in [5.74, 6) is -1.33. The molecule has 1 amide bonds. The van der Waals surface area contributed by atoms with Crippen LogP contribution in [0.2, 0.25) is 5.02 Å². The lowest BCUT2D eigenvalue weighted by Gasteiger charge is -2.18. The first kappa shape index (κ1) is 17.0. The Morgan fingerprint density at radius 1 is 1.35 bits per heavy atom. The summed E-state index contributed by atoms with van der Waals surface area (Å²) < 4.78 is 1.53. The maximum absolute atomic E-state index is 12.4. The van der Waals surface area contributed by atoms with E-state index in [4.69, 9.17) is 16.7 Å². The highest BCUT2D eigenvalue weighted by Crippen LogP contribution is 2.22. The Morgan fingerprint density at radius 2 is 2.00 bits per heavy atom. The highest BCUT2D eigenvalue weighted by Gasteiger charge is 2.22. The maximum Gasteiger partial charge on any atom is 0.303 e. The van der Waals surface area contributed by atoms with Gasteiger partial charge in [-0.05, 0) is 18.9 Å². The molecule has 0 spiro atoms. The molecule has 6 nitrogen and oxygen atoms in total. The van der Waals surface area contributed by atoms with E-state index in [0.29, 0.717) is 10.7 Å². The first-order chi connectivity index (χ1) is 10.9. The molecule has 1 unspecified atom stereocenters. The molecule has 0 bridgehead atoms. The van der Waals surface area contributed by atoms with E-state index in [1.54, 1.807) is 14.0 Å². The molecule has 0 fully saturated rings. The van der Waals surface area contributed by atoms with Gasteiger partial charge in [0.05, 0.1) is 16.8 Å². The Morgan fingerprint density at radius 3 is 2.52 bits per heavy atom. The van der Waals surface area contributed by atoms with Crippen LogP contribution < -0.4 is 5.32 Å². The maximum atomic E-state index is 12.4. The lowest BCUT2D eigenvalue weighted by Crippen LogP contribution is -2.29. The fourth-order valence-electron chi connectivity index (χ4n) is 2.23. The molecule has 1 aromatic heterocycles. The third kappa shape index (κ3) is 4.10. The van der Waals surface area contributed by atoms with Gasteiger partial charge in [0, 0.05) is 13.5 Å². The smallest absolute Gasteiger partial charge is 0.303 e. The molecule has 0 radical (unpaired) electrons. The minimum Gasteiger partial charge on any atom is -0.481 e. The van der Waals surface area contributed by atoms with Crippen molar-refractivity contribution in [2.24, 2.45) is 7.05 Å². The number of nitrogens with one attached hydrogen (secondary N) is 1. The molecule has 1 heterocycles. The Hall–Kier alpha value is -2.34. The summed E-state index contributed by atoms with van der Waals surface area (Å²) >= 11 is 6.13. The zero-order chi connectivity index (χ0) is 17.0. The van der Waals surface area contributed by atoms with Crippen LogP contribution in [0.5, 0.6) is 0 Å². The Bertz CT molecular complexity index is 713. The van der Waals surface area contributed by atoms with Crippen LogP contribution in [0.1, 0.15) is 40.6 Å². The second-order valence-electron chi connectivity index (χ2n) is 5.24. The molecule has 2 rings (SSSR count). The van der Waals surface area contributed by atoms with Gasteiger partial charge in [-0.1, -0.05) is 41.9 Å². The van der Waals surface area contributed by atoms with E-state index in [9.17, 15) is 9.59 Å². The lowest BCUT2D eigenvalue weighted by atomic mass is 10.0. The Balaban J connectivity index is 2.21. The van der Waals surface area contributed by atoms with Crippen LogP contribution in [0.4, 0.5) is 0 Å². The van der Waals surface area contributed by atoms with Crippen LogP contribution in [0, 0.1) is 6.92 Å². The number of hydrogen-bond donors (Lipinski definition) is 2. The summed E-state index contributed by atoms with van der Waals surface area (Å²) in [5.41, 5.74) is 1.67. The molecule has 7 heteroatoms. The molecule has 0 aliphatic carbocycles. The van der Waals surface area contributed by atoms with Gasteiger partial charge in [0.2, 0.25) is 0 Å². The third-order valence-electron chi connectivity index (χ3n) is 3.63. The normalized spacial score (nSPS) is 12.0. The number of carbonyl (C=O) groups excluding carboxylic acids is 1. The molecule has 0 saturated heterocycles. The van der Waals surface area contributed by atoms with Gasteiger partial charge in [-0.15, -0.1) is 0 Å². The van der Waals surface area contributed by atoms with Crippen molar-refractivity contribution < 1.29 is 14.7 Å². The van der Waals surface area contributed by atoms with Crippen molar-refractivity contribution >= 4 is 23.5 Å². The van der Waals surface area contributed by atoms with Gasteiger partial charge in [-0.3, -0.25) is 14.3 Å². The number of carboxylic acids is 1. The van der Waals surface area contributed by atoms with Crippen molar-refractivity contribution in [3.05, 3.63) is 52.3 Å². The predicted octanol–water partition coefficient (Wildman–Crippen LogP) is 2.72. The number of rotatable bonds is 6. The lowest BCUT2D eigenvalue weighted by molar-refractivity contribution is -0.137. The molecule has 2 N–H and O–H groups in total. The van der Waals surface area contributed by atoms with Crippen LogP contribution in [0.15, 0.2) is 30.3 Å². The Kier molecular flexibility index (Phi) is 5.39. The van der Waals surface area contributed by atoms with Gasteiger partial charge in [0.1, 0.15) is 0 Å². The summed E-state index contributed by atoms with van der Waals surface area (Å²) in [6.07, 6.45) is 0.239. The van der Waals surface area contributed by atoms with Gasteiger partial charge >= 0.3 is 5.97 Å². The molecule has 0 aliphatic heterocycles. The van der Waals surface area contributed by atoms with Crippen molar-refractivity contribution in [2.45, 2.75) is 25.8 Å². The fourth-order valence-corrected chi connectivity index (χ4v) is 2.48. The van der Waals surface area contributed by atoms with Crippen molar-refractivity contribution in [2.75, 3.05) is 0 Å². The van der Waals surface area contributed by atoms with E-state index in [-0.39, 0.29) is 18.5 Å². The van der Waals surface area contributed by atoms with Gasteiger partial charge in [-0.2, -0.15) is 5.10 Å². The van der Waals surface area contributed by atoms with Gasteiger partial charge in [-0.25, -0.2) is 0 Å². The molecule has 0 aliphatic rings. The topological polar surface area (TPSA) is 84.2 Å². The van der Waals surface area contributed by atoms with E-state index in [1.165, 1.54) is 4.68 Å². The second kappa shape index (κ2) is 7.28. The van der Waals surface area contributed by atoms with Gasteiger partial charge < -0.3 is 10.4 Å². The predicted molar refractivity (Wildman–Crippen MR) is 86.5 cm³/mol. The van der Waals surface area contributed by atoms with Crippen molar-refractivity contribution in [1.29, 1.82) is 0 Å². The highest BCUT2D eigenvalue weighted by molar-refractivity contribution is 6.34. The minimum atomic E-state index is -0.910. The largest absolute Gasteiger partial charge is 0.481 e. The standard InChI is InChI=1S/C16H18ClN3O3/c1-10-14(17)15(19-20(10)2)16(23)18-12(8-9-13(21)22)11-6-4-3-5-7-11/h3-7,12H,8-9H2,1-2H3,(H,18,23)(H,21,22). The van der Waals surface area contributed by atoms with E-state index < -0.39 is 17.9 Å². The summed E-state index contributed by atoms with van der Waals surface area (Å²) in [6, 6.07) is 8.81. The van der Waals surface area contributed by atoms with Crippen LogP contribution in [-0.4, -0.2) is 26.8 Å². The summed E-state index contributed by atoms with van der Waals surface area (Å²) in [4.78, 5) is 23.3. The summed E-state index contributed by atoms with van der Waals surface area (Å²) in [5, 5.41) is 16.1. The fraction of sp³-hybridized carbons (Fsp3) is 0.312. The number of halogens is 1. The highest BCUT2D eigenvalue weighted by atomic mass is 35.5. The molecule has 0 saturated carbocycles. The molecule has 1 atom stereocenters. The van der Waals surface area contributed by atoms with Gasteiger partial charge in [0.25, 0.3) is 5.91 Å². The number of hydrogen-bond acceptors (Lipinski definition) is 3. The van der Waals surface area contributed by atoms with Gasteiger partial charge in [0.15, 0.2) is 5.69 Å². The van der Waals surface area contributed by atoms with Crippen molar-refractivity contribution in [3.8, 4) is 0 Å². The zero-order valence-corrected chi connectivity index (χ0v) is 13.7. The molecule has 1 aromatic carbocycles. The van der Waals surface area contributed by atoms with E-state index in [0.717, 1.165) is 5.56 Å². The van der Waals surface area contributed by atoms with E-state index in [2.05, 4.69) is 10.4 Å².